The van der Waals surface area contributed by atoms with Gasteiger partial charge in [0, 0.05) is 32.9 Å². The van der Waals surface area contributed by atoms with Gasteiger partial charge in [0.05, 0.1) is 5.69 Å². The van der Waals surface area contributed by atoms with Crippen LogP contribution in [-0.4, -0.2) is 8.07 Å². The lowest BCUT2D eigenvalue weighted by Gasteiger charge is -2.35. The minimum absolute atomic E-state index is 0.895. The van der Waals surface area contributed by atoms with Crippen molar-refractivity contribution >= 4 is 78.6 Å². The summed E-state index contributed by atoms with van der Waals surface area (Å²) in [4.78, 5) is 2.42. The summed E-state index contributed by atoms with van der Waals surface area (Å²) in [5.74, 6) is 0. The Labute approximate surface area is 322 Å². The fraction of sp³-hybridized carbons (Fsp3) is 0. The number of hydrogen-bond donors (Lipinski definition) is 0. The Balaban J connectivity index is 1.21. The van der Waals surface area contributed by atoms with Crippen molar-refractivity contribution in [3.63, 3.8) is 0 Å². The van der Waals surface area contributed by atoms with Crippen LogP contribution in [0.15, 0.2) is 229 Å². The summed E-state index contributed by atoms with van der Waals surface area (Å²) in [5, 5.41) is 9.86. The predicted molar refractivity (Wildman–Crippen MR) is 235 cm³/mol. The van der Waals surface area contributed by atoms with Crippen molar-refractivity contribution in [3.8, 4) is 11.1 Å². The number of furan rings is 1. The van der Waals surface area contributed by atoms with E-state index in [-0.39, 0.29) is 0 Å². The molecule has 1 aromatic heterocycles. The van der Waals surface area contributed by atoms with Crippen LogP contribution >= 0.6 is 0 Å². The van der Waals surface area contributed by atoms with E-state index >= 15 is 0 Å². The number of rotatable bonds is 8. The molecule has 0 aliphatic carbocycles. The number of para-hydroxylation sites is 1. The van der Waals surface area contributed by atoms with E-state index in [1.54, 1.807) is 0 Å². The van der Waals surface area contributed by atoms with Gasteiger partial charge in [-0.1, -0.05) is 188 Å². The van der Waals surface area contributed by atoms with Gasteiger partial charge in [-0.3, -0.25) is 0 Å². The third-order valence-corrected chi connectivity index (χ3v) is 15.8. The van der Waals surface area contributed by atoms with E-state index in [1.165, 1.54) is 31.9 Å². The Morgan fingerprint density at radius 2 is 0.745 bits per heavy atom. The second-order valence-electron chi connectivity index (χ2n) is 14.1. The monoisotopic (exact) mass is 719 g/mol. The van der Waals surface area contributed by atoms with Crippen LogP contribution in [0.2, 0.25) is 0 Å². The molecule has 0 saturated heterocycles. The standard InChI is InChI=1S/C52H37NOSi/c1-5-17-38(18-6-1)39-29-31-40(32-30-39)53(50-37-49-47-26-15-16-28-51(47)54-52(49)48-27-14-13-25-46(48)50)41-33-35-45(36-34-41)55(42-19-7-2-8-20-42,43-21-9-3-10-22-43)44-23-11-4-12-24-44/h1-37H. The molecule has 10 aromatic rings. The van der Waals surface area contributed by atoms with E-state index in [1.807, 2.05) is 6.07 Å². The van der Waals surface area contributed by atoms with Crippen LogP contribution in [-0.2, 0) is 0 Å². The first-order valence-electron chi connectivity index (χ1n) is 18.8. The topological polar surface area (TPSA) is 16.4 Å². The second-order valence-corrected chi connectivity index (χ2v) is 17.9. The highest BCUT2D eigenvalue weighted by atomic mass is 28.3. The van der Waals surface area contributed by atoms with Crippen molar-refractivity contribution in [2.24, 2.45) is 0 Å². The van der Waals surface area contributed by atoms with Crippen LogP contribution in [0.25, 0.3) is 43.8 Å². The van der Waals surface area contributed by atoms with E-state index in [0.29, 0.717) is 0 Å². The minimum atomic E-state index is -2.69. The lowest BCUT2D eigenvalue weighted by Crippen LogP contribution is -2.74. The third-order valence-electron chi connectivity index (χ3n) is 11.0. The Morgan fingerprint density at radius 3 is 1.31 bits per heavy atom. The van der Waals surface area contributed by atoms with Crippen molar-refractivity contribution in [2.45, 2.75) is 0 Å². The van der Waals surface area contributed by atoms with Gasteiger partial charge in [-0.05, 0) is 68.3 Å². The molecule has 0 aliphatic rings. The molecule has 0 amide bonds. The van der Waals surface area contributed by atoms with Crippen LogP contribution in [0.3, 0.4) is 0 Å². The highest BCUT2D eigenvalue weighted by Gasteiger charge is 2.41. The first-order valence-corrected chi connectivity index (χ1v) is 20.8. The average Bonchev–Trinajstić information content (AvgIpc) is 3.65. The van der Waals surface area contributed by atoms with Crippen LogP contribution < -0.4 is 25.6 Å². The van der Waals surface area contributed by atoms with Gasteiger partial charge in [-0.2, -0.15) is 0 Å². The molecule has 0 aliphatic heterocycles. The van der Waals surface area contributed by atoms with Gasteiger partial charge in [-0.15, -0.1) is 0 Å². The molecule has 10 rings (SSSR count). The summed E-state index contributed by atoms with van der Waals surface area (Å²) in [7, 11) is -2.69. The Hall–Kier alpha value is -6.94. The number of fused-ring (bicyclic) bond motifs is 5. The first kappa shape index (κ1) is 32.7. The number of hydrogen-bond acceptors (Lipinski definition) is 2. The van der Waals surface area contributed by atoms with Gasteiger partial charge in [0.15, 0.2) is 8.07 Å². The molecule has 9 aromatic carbocycles. The average molecular weight is 720 g/mol. The molecular formula is C52H37NOSi. The Bertz CT molecular complexity index is 2790. The molecule has 0 N–H and O–H groups in total. The molecule has 0 fully saturated rings. The third kappa shape index (κ3) is 5.56. The molecule has 0 bridgehead atoms. The summed E-state index contributed by atoms with van der Waals surface area (Å²) >= 11 is 0. The van der Waals surface area contributed by atoms with Gasteiger partial charge in [0.1, 0.15) is 11.2 Å². The van der Waals surface area contributed by atoms with Crippen LogP contribution in [0.1, 0.15) is 0 Å². The van der Waals surface area contributed by atoms with E-state index in [9.17, 15) is 0 Å². The summed E-state index contributed by atoms with van der Waals surface area (Å²) in [6.45, 7) is 0. The molecule has 1 heterocycles. The minimum Gasteiger partial charge on any atom is -0.455 e. The van der Waals surface area contributed by atoms with Gasteiger partial charge in [-0.25, -0.2) is 0 Å². The van der Waals surface area contributed by atoms with E-state index in [2.05, 4.69) is 223 Å². The van der Waals surface area contributed by atoms with Crippen molar-refractivity contribution in [2.75, 3.05) is 4.90 Å². The molecule has 2 nitrogen and oxygen atoms in total. The van der Waals surface area contributed by atoms with Gasteiger partial charge in [0.2, 0.25) is 0 Å². The lowest BCUT2D eigenvalue weighted by molar-refractivity contribution is 0.672. The van der Waals surface area contributed by atoms with Gasteiger partial charge in [0.25, 0.3) is 0 Å². The highest BCUT2D eigenvalue weighted by Crippen LogP contribution is 2.44. The van der Waals surface area contributed by atoms with Gasteiger partial charge >= 0.3 is 0 Å². The normalized spacial score (nSPS) is 11.6. The van der Waals surface area contributed by atoms with Crippen molar-refractivity contribution in [1.29, 1.82) is 0 Å². The zero-order chi connectivity index (χ0) is 36.6. The van der Waals surface area contributed by atoms with E-state index in [0.717, 1.165) is 49.8 Å². The molecular weight excluding hydrogens is 683 g/mol. The summed E-state index contributed by atoms with van der Waals surface area (Å²) in [6, 6.07) is 81.6. The van der Waals surface area contributed by atoms with Crippen molar-refractivity contribution in [3.05, 3.63) is 224 Å². The first-order chi connectivity index (χ1) is 27.3. The Kier molecular flexibility index (Phi) is 8.20. The lowest BCUT2D eigenvalue weighted by atomic mass is 10.0. The van der Waals surface area contributed by atoms with Gasteiger partial charge < -0.3 is 9.32 Å². The molecule has 3 heteroatoms. The molecule has 260 valence electrons. The molecule has 0 spiro atoms. The number of benzene rings is 9. The van der Waals surface area contributed by atoms with E-state index in [4.69, 9.17) is 4.42 Å². The van der Waals surface area contributed by atoms with E-state index < -0.39 is 8.07 Å². The highest BCUT2D eigenvalue weighted by molar-refractivity contribution is 7.19. The quantitative estimate of drug-likeness (QED) is 0.115. The maximum absolute atomic E-state index is 6.54. The fourth-order valence-electron chi connectivity index (χ4n) is 8.50. The molecule has 55 heavy (non-hydrogen) atoms. The zero-order valence-corrected chi connectivity index (χ0v) is 31.2. The van der Waals surface area contributed by atoms with Crippen molar-refractivity contribution in [1.82, 2.24) is 0 Å². The summed E-state index contributed by atoms with van der Waals surface area (Å²) < 4.78 is 6.54. The van der Waals surface area contributed by atoms with Crippen LogP contribution in [0, 0.1) is 0 Å². The maximum Gasteiger partial charge on any atom is 0.179 e. The van der Waals surface area contributed by atoms with Crippen molar-refractivity contribution < 1.29 is 4.42 Å². The number of nitrogens with zero attached hydrogens (tertiary/aromatic N) is 1. The smallest absolute Gasteiger partial charge is 0.179 e. The van der Waals surface area contributed by atoms with Crippen LogP contribution in [0.5, 0.6) is 0 Å². The molecule has 0 radical (unpaired) electrons. The SMILES string of the molecule is c1ccc(-c2ccc(N(c3ccc([Si](c4ccccc4)(c4ccccc4)c4ccccc4)cc3)c3cc4c5ccccc5oc4c4ccccc34)cc2)cc1. The maximum atomic E-state index is 6.54. The fourth-order valence-corrected chi connectivity index (χ4v) is 13.2. The largest absolute Gasteiger partial charge is 0.455 e. The zero-order valence-electron chi connectivity index (χ0n) is 30.2. The molecule has 0 saturated carbocycles. The molecule has 0 unspecified atom stereocenters. The predicted octanol–water partition coefficient (Wildman–Crippen LogP) is 11.3. The summed E-state index contributed by atoms with van der Waals surface area (Å²) in [6.07, 6.45) is 0. The number of anilines is 3. The van der Waals surface area contributed by atoms with Crippen LogP contribution in [0.4, 0.5) is 17.1 Å². The Morgan fingerprint density at radius 1 is 0.327 bits per heavy atom. The molecule has 0 atom stereocenters. The summed E-state index contributed by atoms with van der Waals surface area (Å²) in [5.41, 5.74) is 7.48. The second kappa shape index (κ2) is 13.8.